The molecule has 1 aliphatic heterocycles. The third kappa shape index (κ3) is 1.77. The van der Waals surface area contributed by atoms with E-state index < -0.39 is 0 Å². The van der Waals surface area contributed by atoms with Crippen LogP contribution in [0.1, 0.15) is 65.7 Å². The fourth-order valence-electron chi connectivity index (χ4n) is 5.54. The van der Waals surface area contributed by atoms with E-state index in [0.717, 1.165) is 18.4 Å². The van der Waals surface area contributed by atoms with Crippen LogP contribution in [0.2, 0.25) is 0 Å². The molecule has 0 radical (unpaired) electrons. The summed E-state index contributed by atoms with van der Waals surface area (Å²) in [6.07, 6.45) is 10.4. The van der Waals surface area contributed by atoms with E-state index in [9.17, 15) is 0 Å². The highest BCUT2D eigenvalue weighted by atomic mass is 16.5. The molecule has 3 aliphatic rings. The summed E-state index contributed by atoms with van der Waals surface area (Å²) in [5.74, 6) is 1.79. The Morgan fingerprint density at radius 1 is 0.941 bits per heavy atom. The molecule has 1 heteroatoms. The SMILES string of the molecule is CC1(C)CCC[C@]2(C)[C@H]3CCCO[C@H]3CC[C@@H]12. The third-order valence-electron chi connectivity index (χ3n) is 6.30. The van der Waals surface area contributed by atoms with Gasteiger partial charge in [-0.1, -0.05) is 27.2 Å². The van der Waals surface area contributed by atoms with Crippen LogP contribution in [0.25, 0.3) is 0 Å². The van der Waals surface area contributed by atoms with E-state index in [0.29, 0.717) is 16.9 Å². The third-order valence-corrected chi connectivity index (χ3v) is 6.30. The van der Waals surface area contributed by atoms with E-state index in [4.69, 9.17) is 4.74 Å². The van der Waals surface area contributed by atoms with Crippen molar-refractivity contribution >= 4 is 0 Å². The molecule has 1 saturated heterocycles. The van der Waals surface area contributed by atoms with Crippen molar-refractivity contribution in [2.45, 2.75) is 71.8 Å². The number of hydrogen-bond acceptors (Lipinski definition) is 1. The lowest BCUT2D eigenvalue weighted by Gasteiger charge is -2.60. The van der Waals surface area contributed by atoms with E-state index in [-0.39, 0.29) is 0 Å². The van der Waals surface area contributed by atoms with Crippen LogP contribution in [0.4, 0.5) is 0 Å². The Balaban J connectivity index is 1.90. The zero-order valence-corrected chi connectivity index (χ0v) is 11.8. The van der Waals surface area contributed by atoms with Crippen molar-refractivity contribution in [2.24, 2.45) is 22.7 Å². The second-order valence-electron chi connectivity index (χ2n) is 7.64. The second-order valence-corrected chi connectivity index (χ2v) is 7.64. The monoisotopic (exact) mass is 236 g/mol. The first-order valence-electron chi connectivity index (χ1n) is 7.66. The summed E-state index contributed by atoms with van der Waals surface area (Å²) in [5, 5.41) is 0. The molecule has 0 N–H and O–H groups in total. The lowest BCUT2D eigenvalue weighted by molar-refractivity contribution is -0.163. The second kappa shape index (κ2) is 3.98. The Bertz CT molecular complexity index is 296. The van der Waals surface area contributed by atoms with Gasteiger partial charge in [0.25, 0.3) is 0 Å². The Hall–Kier alpha value is -0.0400. The van der Waals surface area contributed by atoms with E-state index >= 15 is 0 Å². The molecule has 0 aromatic carbocycles. The summed E-state index contributed by atoms with van der Waals surface area (Å²) in [4.78, 5) is 0. The van der Waals surface area contributed by atoms with E-state index in [1.807, 2.05) is 0 Å². The molecule has 0 aromatic rings. The van der Waals surface area contributed by atoms with Crippen molar-refractivity contribution in [3.63, 3.8) is 0 Å². The summed E-state index contributed by atoms with van der Waals surface area (Å²) < 4.78 is 6.06. The first-order chi connectivity index (χ1) is 8.04. The van der Waals surface area contributed by atoms with Gasteiger partial charge < -0.3 is 4.74 Å². The average molecular weight is 236 g/mol. The molecule has 2 saturated carbocycles. The van der Waals surface area contributed by atoms with Gasteiger partial charge in [0.15, 0.2) is 0 Å². The molecular weight excluding hydrogens is 208 g/mol. The average Bonchev–Trinajstić information content (AvgIpc) is 2.28. The van der Waals surface area contributed by atoms with E-state index in [1.54, 1.807) is 0 Å². The molecule has 0 spiro atoms. The molecule has 98 valence electrons. The fourth-order valence-corrected chi connectivity index (χ4v) is 5.54. The van der Waals surface area contributed by atoms with Gasteiger partial charge in [0.2, 0.25) is 0 Å². The summed E-state index contributed by atoms with van der Waals surface area (Å²) in [6.45, 7) is 8.63. The van der Waals surface area contributed by atoms with Crippen LogP contribution >= 0.6 is 0 Å². The van der Waals surface area contributed by atoms with Crippen molar-refractivity contribution in [1.82, 2.24) is 0 Å². The fraction of sp³-hybridized carbons (Fsp3) is 1.00. The van der Waals surface area contributed by atoms with Crippen LogP contribution in [0.5, 0.6) is 0 Å². The van der Waals surface area contributed by atoms with Gasteiger partial charge in [-0.25, -0.2) is 0 Å². The minimum Gasteiger partial charge on any atom is -0.378 e. The van der Waals surface area contributed by atoms with E-state index in [1.165, 1.54) is 44.9 Å². The predicted octanol–water partition coefficient (Wildman–Crippen LogP) is 4.41. The number of ether oxygens (including phenoxy) is 1. The molecule has 0 amide bonds. The van der Waals surface area contributed by atoms with Crippen LogP contribution < -0.4 is 0 Å². The van der Waals surface area contributed by atoms with Crippen molar-refractivity contribution < 1.29 is 4.74 Å². The summed E-state index contributed by atoms with van der Waals surface area (Å²) >= 11 is 0. The molecule has 3 fully saturated rings. The smallest absolute Gasteiger partial charge is 0.0608 e. The van der Waals surface area contributed by atoms with Crippen LogP contribution in [-0.2, 0) is 4.74 Å². The molecule has 0 aromatic heterocycles. The summed E-state index contributed by atoms with van der Waals surface area (Å²) in [6, 6.07) is 0. The maximum Gasteiger partial charge on any atom is 0.0608 e. The molecule has 2 aliphatic carbocycles. The van der Waals surface area contributed by atoms with Crippen LogP contribution in [-0.4, -0.2) is 12.7 Å². The molecule has 1 heterocycles. The topological polar surface area (TPSA) is 9.23 Å². The molecule has 1 nitrogen and oxygen atoms in total. The highest BCUT2D eigenvalue weighted by Crippen LogP contribution is 2.61. The van der Waals surface area contributed by atoms with Gasteiger partial charge in [-0.15, -0.1) is 0 Å². The van der Waals surface area contributed by atoms with Crippen LogP contribution in [0.15, 0.2) is 0 Å². The molecule has 17 heavy (non-hydrogen) atoms. The van der Waals surface area contributed by atoms with Crippen LogP contribution in [0, 0.1) is 22.7 Å². The normalized spacial score (nSPS) is 49.2. The Kier molecular flexibility index (Phi) is 2.81. The molecule has 0 bridgehead atoms. The quantitative estimate of drug-likeness (QED) is 0.605. The minimum absolute atomic E-state index is 0.565. The van der Waals surface area contributed by atoms with Gasteiger partial charge in [-0.05, 0) is 61.2 Å². The van der Waals surface area contributed by atoms with Crippen LogP contribution in [0.3, 0.4) is 0 Å². The maximum atomic E-state index is 6.06. The van der Waals surface area contributed by atoms with Crippen molar-refractivity contribution in [2.75, 3.05) is 6.61 Å². The molecule has 0 unspecified atom stereocenters. The first kappa shape index (κ1) is 12.0. The highest BCUT2D eigenvalue weighted by molar-refractivity contribution is 5.04. The van der Waals surface area contributed by atoms with Crippen molar-refractivity contribution in [3.05, 3.63) is 0 Å². The van der Waals surface area contributed by atoms with Gasteiger partial charge in [0.1, 0.15) is 0 Å². The molecule has 4 atom stereocenters. The number of hydrogen-bond donors (Lipinski definition) is 0. The summed E-state index contributed by atoms with van der Waals surface area (Å²) in [5.41, 5.74) is 1.14. The predicted molar refractivity (Wildman–Crippen MR) is 70.9 cm³/mol. The summed E-state index contributed by atoms with van der Waals surface area (Å²) in [7, 11) is 0. The minimum atomic E-state index is 0.565. The number of rotatable bonds is 0. The maximum absolute atomic E-state index is 6.06. The van der Waals surface area contributed by atoms with Crippen molar-refractivity contribution in [1.29, 1.82) is 0 Å². The highest BCUT2D eigenvalue weighted by Gasteiger charge is 2.55. The van der Waals surface area contributed by atoms with Gasteiger partial charge in [0.05, 0.1) is 6.10 Å². The first-order valence-corrected chi connectivity index (χ1v) is 7.66. The number of fused-ring (bicyclic) bond motifs is 3. The van der Waals surface area contributed by atoms with Gasteiger partial charge in [-0.2, -0.15) is 0 Å². The molecule has 3 rings (SSSR count). The van der Waals surface area contributed by atoms with Gasteiger partial charge >= 0.3 is 0 Å². The largest absolute Gasteiger partial charge is 0.378 e. The van der Waals surface area contributed by atoms with Gasteiger partial charge in [0, 0.05) is 6.61 Å². The standard InChI is InChI=1S/C16H28O/c1-15(2)9-5-10-16(3)12-6-4-11-17-13(12)7-8-14(15)16/h12-14H,4-11H2,1-3H3/t12-,13-,14-,16+/m0/s1. The molecular formula is C16H28O. The van der Waals surface area contributed by atoms with Crippen molar-refractivity contribution in [3.8, 4) is 0 Å². The Morgan fingerprint density at radius 3 is 2.59 bits per heavy atom. The lowest BCUT2D eigenvalue weighted by Crippen LogP contribution is -2.54. The Labute approximate surface area is 106 Å². The Morgan fingerprint density at radius 2 is 1.76 bits per heavy atom. The van der Waals surface area contributed by atoms with E-state index in [2.05, 4.69) is 20.8 Å². The zero-order valence-electron chi connectivity index (χ0n) is 11.8. The van der Waals surface area contributed by atoms with Gasteiger partial charge in [-0.3, -0.25) is 0 Å². The zero-order chi connectivity index (χ0) is 12.1. The lowest BCUT2D eigenvalue weighted by atomic mass is 9.47.